The first-order valence-electron chi connectivity index (χ1n) is 6.64. The number of aliphatic hydroxyl groups excluding tert-OH is 1. The van der Waals surface area contributed by atoms with Gasteiger partial charge in [0, 0.05) is 13.0 Å². The van der Waals surface area contributed by atoms with E-state index in [4.69, 9.17) is 9.84 Å². The number of hydrogen-bond acceptors (Lipinski definition) is 5. The third-order valence-corrected chi connectivity index (χ3v) is 2.56. The highest BCUT2D eigenvalue weighted by Gasteiger charge is 2.26. The average Bonchev–Trinajstić information content (AvgIpc) is 2.24. The molecule has 0 fully saturated rings. The Hall–Kier alpha value is -1.34. The Morgan fingerprint density at radius 3 is 2.30 bits per heavy atom. The van der Waals surface area contributed by atoms with Gasteiger partial charge in [-0.15, -0.1) is 0 Å². The van der Waals surface area contributed by atoms with Gasteiger partial charge in [0.25, 0.3) is 0 Å². The van der Waals surface area contributed by atoms with Crippen molar-refractivity contribution in [1.29, 1.82) is 0 Å². The molecule has 0 rings (SSSR count). The molecule has 0 spiro atoms. The maximum atomic E-state index is 11.5. The van der Waals surface area contributed by atoms with Gasteiger partial charge in [-0.3, -0.25) is 0 Å². The van der Waals surface area contributed by atoms with Crippen LogP contribution in [0, 0.1) is 0 Å². The van der Waals surface area contributed by atoms with Gasteiger partial charge in [-0.25, -0.2) is 9.59 Å². The van der Waals surface area contributed by atoms with Crippen molar-refractivity contribution in [1.82, 2.24) is 10.2 Å². The van der Waals surface area contributed by atoms with Gasteiger partial charge in [0.1, 0.15) is 11.6 Å². The summed E-state index contributed by atoms with van der Waals surface area (Å²) in [6, 6.07) is -1.18. The van der Waals surface area contributed by atoms with Crippen LogP contribution in [0.3, 0.4) is 0 Å². The predicted octanol–water partition coefficient (Wildman–Crippen LogP) is 0.667. The molecule has 0 aromatic heterocycles. The van der Waals surface area contributed by atoms with E-state index >= 15 is 0 Å². The molecule has 0 aromatic carbocycles. The Morgan fingerprint density at radius 2 is 1.90 bits per heavy atom. The highest BCUT2D eigenvalue weighted by molar-refractivity contribution is 5.80. The number of aliphatic hydroxyl groups is 1. The van der Waals surface area contributed by atoms with Gasteiger partial charge in [0.05, 0.1) is 6.10 Å². The minimum absolute atomic E-state index is 0.0705. The van der Waals surface area contributed by atoms with Crippen LogP contribution in [0.2, 0.25) is 0 Å². The number of ether oxygens (including phenoxy) is 1. The lowest BCUT2D eigenvalue weighted by molar-refractivity contribution is -0.140. The summed E-state index contributed by atoms with van der Waals surface area (Å²) in [6.45, 7) is 8.08. The molecule has 0 heterocycles. The van der Waals surface area contributed by atoms with Crippen molar-refractivity contribution in [2.45, 2.75) is 51.9 Å². The maximum absolute atomic E-state index is 11.5. The van der Waals surface area contributed by atoms with Gasteiger partial charge in [0.15, 0.2) is 0 Å². The number of rotatable bonds is 7. The Morgan fingerprint density at radius 1 is 1.35 bits per heavy atom. The fourth-order valence-corrected chi connectivity index (χ4v) is 1.51. The van der Waals surface area contributed by atoms with Crippen molar-refractivity contribution in [3.8, 4) is 0 Å². The zero-order chi connectivity index (χ0) is 15.9. The number of carboxylic acid groups (broad SMARTS) is 1. The monoisotopic (exact) mass is 290 g/mol. The fourth-order valence-electron chi connectivity index (χ4n) is 1.51. The number of aliphatic carboxylic acids is 1. The molecule has 0 bridgehead atoms. The van der Waals surface area contributed by atoms with Gasteiger partial charge >= 0.3 is 12.1 Å². The van der Waals surface area contributed by atoms with Crippen LogP contribution >= 0.6 is 0 Å². The molecule has 20 heavy (non-hydrogen) atoms. The molecule has 118 valence electrons. The number of carbonyl (C=O) groups excluding carboxylic acids is 1. The number of amides is 1. The van der Waals surface area contributed by atoms with Gasteiger partial charge in [-0.2, -0.15) is 0 Å². The lowest BCUT2D eigenvalue weighted by Crippen LogP contribution is -2.46. The van der Waals surface area contributed by atoms with Crippen molar-refractivity contribution < 1.29 is 24.5 Å². The number of nitrogens with one attached hydrogen (secondary N) is 1. The van der Waals surface area contributed by atoms with Gasteiger partial charge in [0.2, 0.25) is 0 Å². The normalized spacial score (nSPS) is 14.8. The van der Waals surface area contributed by atoms with E-state index in [1.54, 1.807) is 20.8 Å². The summed E-state index contributed by atoms with van der Waals surface area (Å²) in [5.41, 5.74) is -0.700. The molecule has 7 heteroatoms. The standard InChI is InChI=1S/C13H26N2O5/c1-6-15(5)8-9(16)7-10(11(17)18)14-12(19)20-13(2,3)4/h9-10,16H,6-8H2,1-5H3,(H,14,19)(H,17,18). The summed E-state index contributed by atoms with van der Waals surface area (Å²) < 4.78 is 5.00. The summed E-state index contributed by atoms with van der Waals surface area (Å²) in [5.74, 6) is -1.20. The molecule has 0 aliphatic heterocycles. The van der Waals surface area contributed by atoms with Gasteiger partial charge < -0.3 is 25.2 Å². The topological polar surface area (TPSA) is 99.1 Å². The van der Waals surface area contributed by atoms with E-state index < -0.39 is 29.8 Å². The van der Waals surface area contributed by atoms with Crippen LogP contribution in [0.25, 0.3) is 0 Å². The van der Waals surface area contributed by atoms with Crippen LogP contribution in [0.1, 0.15) is 34.1 Å². The van der Waals surface area contributed by atoms with Crippen LogP contribution < -0.4 is 5.32 Å². The van der Waals surface area contributed by atoms with Crippen molar-refractivity contribution in [3.05, 3.63) is 0 Å². The molecular formula is C13H26N2O5. The van der Waals surface area contributed by atoms with Crippen molar-refractivity contribution >= 4 is 12.1 Å². The van der Waals surface area contributed by atoms with E-state index in [-0.39, 0.29) is 6.42 Å². The molecule has 1 amide bonds. The van der Waals surface area contributed by atoms with E-state index in [0.29, 0.717) is 6.54 Å². The molecule has 7 nitrogen and oxygen atoms in total. The Balaban J connectivity index is 4.44. The van der Waals surface area contributed by atoms with E-state index in [2.05, 4.69) is 5.32 Å². The van der Waals surface area contributed by atoms with Crippen LogP contribution in [0.5, 0.6) is 0 Å². The van der Waals surface area contributed by atoms with Crippen LogP contribution in [-0.4, -0.2) is 65.1 Å². The van der Waals surface area contributed by atoms with E-state index in [1.165, 1.54) is 0 Å². The molecule has 0 aromatic rings. The number of carbonyl (C=O) groups is 2. The van der Waals surface area contributed by atoms with Crippen molar-refractivity contribution in [2.24, 2.45) is 0 Å². The van der Waals surface area contributed by atoms with Crippen LogP contribution in [-0.2, 0) is 9.53 Å². The molecule has 0 aliphatic rings. The number of likely N-dealkylation sites (N-methyl/N-ethyl adjacent to an activating group) is 1. The second kappa shape index (κ2) is 8.06. The first-order chi connectivity index (χ1) is 9.05. The summed E-state index contributed by atoms with van der Waals surface area (Å²) >= 11 is 0. The molecule has 0 aliphatic carbocycles. The van der Waals surface area contributed by atoms with E-state index in [1.807, 2.05) is 18.9 Å². The molecule has 0 saturated carbocycles. The van der Waals surface area contributed by atoms with Crippen LogP contribution in [0.15, 0.2) is 0 Å². The highest BCUT2D eigenvalue weighted by Crippen LogP contribution is 2.08. The minimum atomic E-state index is -1.20. The number of nitrogens with zero attached hydrogens (tertiary/aromatic N) is 1. The molecular weight excluding hydrogens is 264 g/mol. The van der Waals surface area contributed by atoms with Gasteiger partial charge in [-0.1, -0.05) is 6.92 Å². The van der Waals surface area contributed by atoms with E-state index in [0.717, 1.165) is 6.54 Å². The third kappa shape index (κ3) is 8.71. The van der Waals surface area contributed by atoms with E-state index in [9.17, 15) is 14.7 Å². The lowest BCUT2D eigenvalue weighted by atomic mass is 10.1. The summed E-state index contributed by atoms with van der Waals surface area (Å²) in [5, 5.41) is 21.1. The Kier molecular flexibility index (Phi) is 7.52. The number of alkyl carbamates (subject to hydrolysis) is 1. The Bertz CT molecular complexity index is 327. The zero-order valence-corrected chi connectivity index (χ0v) is 12.8. The highest BCUT2D eigenvalue weighted by atomic mass is 16.6. The first kappa shape index (κ1) is 18.7. The van der Waals surface area contributed by atoms with Gasteiger partial charge in [-0.05, 0) is 34.4 Å². The largest absolute Gasteiger partial charge is 0.480 e. The lowest BCUT2D eigenvalue weighted by Gasteiger charge is -2.24. The molecule has 2 unspecified atom stereocenters. The molecule has 3 N–H and O–H groups in total. The fraction of sp³-hybridized carbons (Fsp3) is 0.846. The molecule has 2 atom stereocenters. The summed E-state index contributed by atoms with van der Waals surface area (Å²) in [7, 11) is 1.82. The van der Waals surface area contributed by atoms with Crippen molar-refractivity contribution in [3.63, 3.8) is 0 Å². The molecule has 0 radical (unpaired) electrons. The number of carboxylic acids is 1. The zero-order valence-electron chi connectivity index (χ0n) is 12.8. The minimum Gasteiger partial charge on any atom is -0.480 e. The second-order valence-electron chi connectivity index (χ2n) is 5.78. The maximum Gasteiger partial charge on any atom is 0.408 e. The van der Waals surface area contributed by atoms with Crippen LogP contribution in [0.4, 0.5) is 4.79 Å². The Labute approximate surface area is 119 Å². The molecule has 0 saturated heterocycles. The smallest absolute Gasteiger partial charge is 0.408 e. The average molecular weight is 290 g/mol. The summed E-state index contributed by atoms with van der Waals surface area (Å²) in [6.07, 6.45) is -1.71. The second-order valence-corrected chi connectivity index (χ2v) is 5.78. The summed E-state index contributed by atoms with van der Waals surface area (Å²) in [4.78, 5) is 24.5. The van der Waals surface area contributed by atoms with Crippen molar-refractivity contribution in [2.75, 3.05) is 20.1 Å². The third-order valence-electron chi connectivity index (χ3n) is 2.56. The SMILES string of the molecule is CCN(C)CC(O)CC(NC(=O)OC(C)(C)C)C(=O)O. The quantitative estimate of drug-likeness (QED) is 0.637. The predicted molar refractivity (Wildman–Crippen MR) is 74.6 cm³/mol. The first-order valence-corrected chi connectivity index (χ1v) is 6.64. The number of hydrogen-bond donors (Lipinski definition) is 3.